The Morgan fingerprint density at radius 1 is 1.00 bits per heavy atom. The average Bonchev–Trinajstić information content (AvgIpc) is 2.51. The van der Waals surface area contributed by atoms with E-state index in [-0.39, 0.29) is 5.91 Å². The lowest BCUT2D eigenvalue weighted by Gasteiger charge is -2.12. The van der Waals surface area contributed by atoms with Gasteiger partial charge in [-0.3, -0.25) is 4.79 Å². The van der Waals surface area contributed by atoms with Crippen LogP contribution in [0.5, 0.6) is 11.5 Å². The van der Waals surface area contributed by atoms with E-state index in [0.29, 0.717) is 30.2 Å². The van der Waals surface area contributed by atoms with Crippen molar-refractivity contribution in [2.24, 2.45) is 0 Å². The van der Waals surface area contributed by atoms with Crippen molar-refractivity contribution < 1.29 is 14.3 Å². The number of aryl methyl sites for hydroxylation is 1. The number of benzene rings is 2. The molecule has 0 aliphatic carbocycles. The summed E-state index contributed by atoms with van der Waals surface area (Å²) in [4.78, 5) is 12.4. The maximum absolute atomic E-state index is 12.4. The zero-order valence-corrected chi connectivity index (χ0v) is 13.2. The minimum absolute atomic E-state index is 0.168. The highest BCUT2D eigenvalue weighted by atomic mass is 16.5. The van der Waals surface area contributed by atoms with Crippen LogP contribution in [0.1, 0.15) is 29.8 Å². The zero-order chi connectivity index (χ0) is 15.9. The molecular weight excluding hydrogens is 278 g/mol. The van der Waals surface area contributed by atoms with E-state index in [4.69, 9.17) is 9.47 Å². The molecule has 4 heteroatoms. The molecule has 0 saturated heterocycles. The fraction of sp³-hybridized carbons (Fsp3) is 0.278. The number of ether oxygens (including phenoxy) is 2. The molecule has 116 valence electrons. The van der Waals surface area contributed by atoms with Gasteiger partial charge in [0.05, 0.1) is 18.9 Å². The second-order valence-electron chi connectivity index (χ2n) is 4.80. The molecule has 1 amide bonds. The summed E-state index contributed by atoms with van der Waals surface area (Å²) in [7, 11) is 0. The molecule has 0 spiro atoms. The Morgan fingerprint density at radius 3 is 2.36 bits per heavy atom. The van der Waals surface area contributed by atoms with Crippen LogP contribution in [0.4, 0.5) is 5.69 Å². The molecule has 22 heavy (non-hydrogen) atoms. The van der Waals surface area contributed by atoms with E-state index < -0.39 is 0 Å². The van der Waals surface area contributed by atoms with Crippen molar-refractivity contribution in [1.82, 2.24) is 0 Å². The molecule has 0 aliphatic rings. The summed E-state index contributed by atoms with van der Waals surface area (Å²) in [6.07, 6.45) is 0. The van der Waals surface area contributed by atoms with Crippen molar-refractivity contribution in [2.75, 3.05) is 18.5 Å². The standard InChI is InChI=1S/C18H21NO3/c1-4-21-16-11-10-14(12-13(16)3)18(20)19-15-8-6-7-9-17(15)22-5-2/h6-12H,4-5H2,1-3H3,(H,19,20). The molecule has 0 atom stereocenters. The number of carbonyl (C=O) groups excluding carboxylic acids is 1. The molecule has 0 radical (unpaired) electrons. The Labute approximate surface area is 131 Å². The predicted molar refractivity (Wildman–Crippen MR) is 87.9 cm³/mol. The first-order chi connectivity index (χ1) is 10.7. The number of anilines is 1. The van der Waals surface area contributed by atoms with Gasteiger partial charge >= 0.3 is 0 Å². The minimum atomic E-state index is -0.168. The van der Waals surface area contributed by atoms with Crippen LogP contribution in [0.3, 0.4) is 0 Å². The summed E-state index contributed by atoms with van der Waals surface area (Å²) in [6.45, 7) is 6.93. The summed E-state index contributed by atoms with van der Waals surface area (Å²) in [5.41, 5.74) is 2.20. The highest BCUT2D eigenvalue weighted by Gasteiger charge is 2.11. The zero-order valence-electron chi connectivity index (χ0n) is 13.2. The van der Waals surface area contributed by atoms with E-state index >= 15 is 0 Å². The third-order valence-corrected chi connectivity index (χ3v) is 3.17. The molecule has 0 fully saturated rings. The number of hydrogen-bond donors (Lipinski definition) is 1. The second kappa shape index (κ2) is 7.50. The Kier molecular flexibility index (Phi) is 5.42. The number of rotatable bonds is 6. The van der Waals surface area contributed by atoms with Crippen LogP contribution in [-0.2, 0) is 0 Å². The summed E-state index contributed by atoms with van der Waals surface area (Å²) in [6, 6.07) is 12.8. The van der Waals surface area contributed by atoms with Crippen molar-refractivity contribution in [3.8, 4) is 11.5 Å². The molecule has 0 aliphatic heterocycles. The fourth-order valence-corrected chi connectivity index (χ4v) is 2.15. The van der Waals surface area contributed by atoms with Crippen LogP contribution in [0.2, 0.25) is 0 Å². The Morgan fingerprint density at radius 2 is 1.68 bits per heavy atom. The topological polar surface area (TPSA) is 47.6 Å². The normalized spacial score (nSPS) is 10.1. The Bertz CT molecular complexity index is 653. The van der Waals surface area contributed by atoms with Crippen LogP contribution in [-0.4, -0.2) is 19.1 Å². The lowest BCUT2D eigenvalue weighted by molar-refractivity contribution is 0.102. The molecule has 1 N–H and O–H groups in total. The average molecular weight is 299 g/mol. The molecule has 0 bridgehead atoms. The molecular formula is C18H21NO3. The van der Waals surface area contributed by atoms with Gasteiger partial charge in [0.2, 0.25) is 0 Å². The molecule has 0 unspecified atom stereocenters. The van der Waals surface area contributed by atoms with Crippen molar-refractivity contribution in [2.45, 2.75) is 20.8 Å². The molecule has 2 aromatic rings. The van der Waals surface area contributed by atoms with Gasteiger partial charge in [-0.25, -0.2) is 0 Å². The summed E-state index contributed by atoms with van der Waals surface area (Å²) >= 11 is 0. The third kappa shape index (κ3) is 3.79. The maximum Gasteiger partial charge on any atom is 0.255 e. The number of carbonyl (C=O) groups is 1. The van der Waals surface area contributed by atoms with Crippen LogP contribution in [0.15, 0.2) is 42.5 Å². The quantitative estimate of drug-likeness (QED) is 0.875. The fourth-order valence-electron chi connectivity index (χ4n) is 2.15. The highest BCUT2D eigenvalue weighted by molar-refractivity contribution is 6.05. The van der Waals surface area contributed by atoms with Gasteiger partial charge < -0.3 is 14.8 Å². The van der Waals surface area contributed by atoms with Crippen molar-refractivity contribution >= 4 is 11.6 Å². The van der Waals surface area contributed by atoms with Crippen LogP contribution in [0, 0.1) is 6.92 Å². The van der Waals surface area contributed by atoms with Gasteiger partial charge in [-0.1, -0.05) is 12.1 Å². The Balaban J connectivity index is 2.17. The van der Waals surface area contributed by atoms with E-state index in [0.717, 1.165) is 11.3 Å². The van der Waals surface area contributed by atoms with Crippen LogP contribution < -0.4 is 14.8 Å². The Hall–Kier alpha value is -2.49. The monoisotopic (exact) mass is 299 g/mol. The molecule has 2 aromatic carbocycles. The van der Waals surface area contributed by atoms with Crippen molar-refractivity contribution in [1.29, 1.82) is 0 Å². The van der Waals surface area contributed by atoms with Crippen molar-refractivity contribution in [3.05, 3.63) is 53.6 Å². The van der Waals surface area contributed by atoms with Gasteiger partial charge in [0.15, 0.2) is 0 Å². The largest absolute Gasteiger partial charge is 0.494 e. The molecule has 0 saturated carbocycles. The minimum Gasteiger partial charge on any atom is -0.494 e. The predicted octanol–water partition coefficient (Wildman–Crippen LogP) is 4.04. The number of nitrogens with one attached hydrogen (secondary N) is 1. The van der Waals surface area contributed by atoms with Crippen molar-refractivity contribution in [3.63, 3.8) is 0 Å². The van der Waals surface area contributed by atoms with E-state index in [9.17, 15) is 4.79 Å². The lowest BCUT2D eigenvalue weighted by atomic mass is 10.1. The maximum atomic E-state index is 12.4. The number of para-hydroxylation sites is 2. The first kappa shape index (κ1) is 15.9. The molecule has 2 rings (SSSR count). The van der Waals surface area contributed by atoms with Gasteiger partial charge in [-0.15, -0.1) is 0 Å². The number of amides is 1. The SMILES string of the molecule is CCOc1ccc(C(=O)Nc2ccccc2OCC)cc1C. The first-order valence-corrected chi connectivity index (χ1v) is 7.42. The van der Waals surface area contributed by atoms with E-state index in [1.807, 2.05) is 57.2 Å². The first-order valence-electron chi connectivity index (χ1n) is 7.42. The van der Waals surface area contributed by atoms with Gasteiger partial charge in [-0.2, -0.15) is 0 Å². The molecule has 0 aromatic heterocycles. The number of hydrogen-bond acceptors (Lipinski definition) is 3. The summed E-state index contributed by atoms with van der Waals surface area (Å²) in [5, 5.41) is 2.89. The van der Waals surface area contributed by atoms with Gasteiger partial charge in [0, 0.05) is 5.56 Å². The van der Waals surface area contributed by atoms with Crippen LogP contribution >= 0.6 is 0 Å². The van der Waals surface area contributed by atoms with E-state index in [2.05, 4.69) is 5.32 Å². The highest BCUT2D eigenvalue weighted by Crippen LogP contribution is 2.25. The van der Waals surface area contributed by atoms with Crippen LogP contribution in [0.25, 0.3) is 0 Å². The van der Waals surface area contributed by atoms with E-state index in [1.165, 1.54) is 0 Å². The third-order valence-electron chi connectivity index (χ3n) is 3.17. The molecule has 0 heterocycles. The lowest BCUT2D eigenvalue weighted by Crippen LogP contribution is -2.13. The van der Waals surface area contributed by atoms with Gasteiger partial charge in [0.1, 0.15) is 11.5 Å². The second-order valence-corrected chi connectivity index (χ2v) is 4.80. The molecule has 4 nitrogen and oxygen atoms in total. The van der Waals surface area contributed by atoms with Gasteiger partial charge in [0.25, 0.3) is 5.91 Å². The van der Waals surface area contributed by atoms with E-state index in [1.54, 1.807) is 6.07 Å². The smallest absolute Gasteiger partial charge is 0.255 e. The summed E-state index contributed by atoms with van der Waals surface area (Å²) in [5.74, 6) is 1.30. The van der Waals surface area contributed by atoms with Gasteiger partial charge in [-0.05, 0) is 56.7 Å². The summed E-state index contributed by atoms with van der Waals surface area (Å²) < 4.78 is 11.0.